The minimum absolute atomic E-state index is 0.311. The van der Waals surface area contributed by atoms with Crippen LogP contribution in [0.1, 0.15) is 18.1 Å². The zero-order valence-electron chi connectivity index (χ0n) is 14.4. The van der Waals surface area contributed by atoms with E-state index < -0.39 is 0 Å². The molecule has 0 amide bonds. The van der Waals surface area contributed by atoms with Crippen molar-refractivity contribution in [3.63, 3.8) is 0 Å². The van der Waals surface area contributed by atoms with E-state index in [0.717, 1.165) is 28.7 Å². The monoisotopic (exact) mass is 333 g/mol. The summed E-state index contributed by atoms with van der Waals surface area (Å²) in [6, 6.07) is 6.43. The van der Waals surface area contributed by atoms with Crippen molar-refractivity contribution in [3.05, 3.63) is 48.0 Å². The lowest BCUT2D eigenvalue weighted by atomic mass is 10.0. The van der Waals surface area contributed by atoms with Crippen LogP contribution in [0.2, 0.25) is 0 Å². The maximum atomic E-state index is 5.92. The summed E-state index contributed by atoms with van der Waals surface area (Å²) in [5.41, 5.74) is 12.4. The van der Waals surface area contributed by atoms with Gasteiger partial charge in [-0.05, 0) is 37.5 Å². The number of hydrogen-bond donors (Lipinski definition) is 1. The average molecular weight is 333 g/mol. The molecule has 0 aliphatic heterocycles. The van der Waals surface area contributed by atoms with E-state index in [1.165, 1.54) is 17.5 Å². The van der Waals surface area contributed by atoms with Gasteiger partial charge in [-0.15, -0.1) is 0 Å². The summed E-state index contributed by atoms with van der Waals surface area (Å²) in [6.45, 7) is 7.03. The first-order chi connectivity index (χ1) is 12.1. The van der Waals surface area contributed by atoms with Gasteiger partial charge < -0.3 is 10.3 Å². The number of nitrogens with two attached hydrogens (primary N) is 1. The Kier molecular flexibility index (Phi) is 3.49. The van der Waals surface area contributed by atoms with Crippen molar-refractivity contribution in [2.75, 3.05) is 5.73 Å². The Morgan fingerprint density at radius 3 is 2.64 bits per heavy atom. The standard InChI is InChI=1S/C18H19N7/c1-4-24-16-14(13-6-5-11(2)12(3)7-13)8-20-9-15(16)23-18(24)25-17(19)21-10-22-25/h5-10H,4H2,1-3H3,(H2,19,21,22). The van der Waals surface area contributed by atoms with E-state index in [-0.39, 0.29) is 0 Å². The molecule has 0 aliphatic rings. The zero-order valence-corrected chi connectivity index (χ0v) is 14.4. The van der Waals surface area contributed by atoms with Crippen LogP contribution >= 0.6 is 0 Å². The lowest BCUT2D eigenvalue weighted by Gasteiger charge is -2.10. The Morgan fingerprint density at radius 1 is 1.12 bits per heavy atom. The molecule has 3 heterocycles. The van der Waals surface area contributed by atoms with Crippen LogP contribution in [-0.2, 0) is 6.54 Å². The summed E-state index contributed by atoms with van der Waals surface area (Å²) in [5.74, 6) is 0.955. The topological polar surface area (TPSA) is 87.4 Å². The number of benzene rings is 1. The highest BCUT2D eigenvalue weighted by Gasteiger charge is 2.18. The van der Waals surface area contributed by atoms with E-state index >= 15 is 0 Å². The highest BCUT2D eigenvalue weighted by molar-refractivity contribution is 5.92. The van der Waals surface area contributed by atoms with Gasteiger partial charge in [-0.3, -0.25) is 4.98 Å². The van der Waals surface area contributed by atoms with Gasteiger partial charge in [0.2, 0.25) is 11.9 Å². The fourth-order valence-corrected chi connectivity index (χ4v) is 3.06. The molecule has 0 radical (unpaired) electrons. The van der Waals surface area contributed by atoms with Crippen molar-refractivity contribution in [2.24, 2.45) is 0 Å². The maximum Gasteiger partial charge on any atom is 0.235 e. The molecule has 0 atom stereocenters. The molecule has 4 aromatic rings. The summed E-state index contributed by atoms with van der Waals surface area (Å²) in [6.07, 6.45) is 5.08. The molecule has 0 bridgehead atoms. The summed E-state index contributed by atoms with van der Waals surface area (Å²) in [7, 11) is 0. The van der Waals surface area contributed by atoms with Crippen LogP contribution in [0, 0.1) is 13.8 Å². The third kappa shape index (κ3) is 2.36. The first kappa shape index (κ1) is 15.3. The number of rotatable bonds is 3. The number of aryl methyl sites for hydroxylation is 3. The number of hydrogen-bond acceptors (Lipinski definition) is 5. The molecule has 4 rings (SSSR count). The van der Waals surface area contributed by atoms with Crippen LogP contribution in [0.4, 0.5) is 5.95 Å². The number of anilines is 1. The van der Waals surface area contributed by atoms with E-state index in [0.29, 0.717) is 11.9 Å². The van der Waals surface area contributed by atoms with Gasteiger partial charge >= 0.3 is 0 Å². The van der Waals surface area contributed by atoms with Crippen molar-refractivity contribution in [1.82, 2.24) is 29.3 Å². The molecule has 25 heavy (non-hydrogen) atoms. The van der Waals surface area contributed by atoms with E-state index in [4.69, 9.17) is 10.7 Å². The average Bonchev–Trinajstić information content (AvgIpc) is 3.19. The van der Waals surface area contributed by atoms with Gasteiger partial charge in [0.25, 0.3) is 0 Å². The van der Waals surface area contributed by atoms with Gasteiger partial charge in [0.05, 0.1) is 11.7 Å². The molecular formula is C18H19N7. The highest BCUT2D eigenvalue weighted by atomic mass is 15.4. The molecule has 0 saturated heterocycles. The predicted octanol–water partition coefficient (Wildman–Crippen LogP) is 2.90. The van der Waals surface area contributed by atoms with Gasteiger partial charge in [0.1, 0.15) is 11.8 Å². The third-order valence-corrected chi connectivity index (χ3v) is 4.53. The second-order valence-electron chi connectivity index (χ2n) is 6.04. The summed E-state index contributed by atoms with van der Waals surface area (Å²) in [5, 5.41) is 4.19. The van der Waals surface area contributed by atoms with Gasteiger partial charge in [-0.1, -0.05) is 18.2 Å². The van der Waals surface area contributed by atoms with Crippen molar-refractivity contribution in [1.29, 1.82) is 0 Å². The Bertz CT molecular complexity index is 1070. The van der Waals surface area contributed by atoms with E-state index in [1.54, 1.807) is 10.9 Å². The Morgan fingerprint density at radius 2 is 1.96 bits per heavy atom. The van der Waals surface area contributed by atoms with Crippen LogP contribution in [0.5, 0.6) is 0 Å². The first-order valence-corrected chi connectivity index (χ1v) is 8.18. The minimum atomic E-state index is 0.311. The number of fused-ring (bicyclic) bond motifs is 1. The molecule has 1 aromatic carbocycles. The van der Waals surface area contributed by atoms with E-state index in [1.807, 2.05) is 6.20 Å². The SMILES string of the molecule is CCn1c(-n2ncnc2N)nc2cncc(-c3ccc(C)c(C)c3)c21. The van der Waals surface area contributed by atoms with Crippen molar-refractivity contribution in [2.45, 2.75) is 27.3 Å². The summed E-state index contributed by atoms with van der Waals surface area (Å²) < 4.78 is 3.64. The molecule has 7 heteroatoms. The molecule has 7 nitrogen and oxygen atoms in total. The Hall–Kier alpha value is -3.22. The number of nitrogens with zero attached hydrogens (tertiary/aromatic N) is 6. The van der Waals surface area contributed by atoms with Crippen LogP contribution in [-0.4, -0.2) is 29.3 Å². The zero-order chi connectivity index (χ0) is 17.6. The van der Waals surface area contributed by atoms with E-state index in [9.17, 15) is 0 Å². The Balaban J connectivity index is 2.02. The van der Waals surface area contributed by atoms with E-state index in [2.05, 4.69) is 58.6 Å². The molecule has 3 aromatic heterocycles. The second-order valence-corrected chi connectivity index (χ2v) is 6.04. The first-order valence-electron chi connectivity index (χ1n) is 8.18. The van der Waals surface area contributed by atoms with Crippen LogP contribution < -0.4 is 5.73 Å². The van der Waals surface area contributed by atoms with Gasteiger partial charge in [-0.2, -0.15) is 14.8 Å². The largest absolute Gasteiger partial charge is 0.368 e. The van der Waals surface area contributed by atoms with Gasteiger partial charge in [0.15, 0.2) is 0 Å². The molecule has 0 aliphatic carbocycles. The smallest absolute Gasteiger partial charge is 0.235 e. The van der Waals surface area contributed by atoms with Crippen molar-refractivity contribution >= 4 is 17.0 Å². The number of nitrogen functional groups attached to an aromatic ring is 1. The molecule has 126 valence electrons. The van der Waals surface area contributed by atoms with Gasteiger partial charge in [0, 0.05) is 18.3 Å². The highest BCUT2D eigenvalue weighted by Crippen LogP contribution is 2.31. The minimum Gasteiger partial charge on any atom is -0.368 e. The molecule has 0 unspecified atom stereocenters. The molecule has 0 fully saturated rings. The fraction of sp³-hybridized carbons (Fsp3) is 0.222. The van der Waals surface area contributed by atoms with Crippen LogP contribution in [0.25, 0.3) is 28.1 Å². The number of imidazole rings is 1. The quantitative estimate of drug-likeness (QED) is 0.623. The lowest BCUT2D eigenvalue weighted by Crippen LogP contribution is -2.10. The third-order valence-electron chi connectivity index (χ3n) is 4.53. The van der Waals surface area contributed by atoms with Gasteiger partial charge in [-0.25, -0.2) is 4.98 Å². The lowest BCUT2D eigenvalue weighted by molar-refractivity contribution is 0.706. The summed E-state index contributed by atoms with van der Waals surface area (Å²) >= 11 is 0. The molecule has 0 spiro atoms. The second kappa shape index (κ2) is 5.70. The fourth-order valence-electron chi connectivity index (χ4n) is 3.06. The predicted molar refractivity (Wildman–Crippen MR) is 97.4 cm³/mol. The number of aromatic nitrogens is 6. The molecular weight excluding hydrogens is 314 g/mol. The normalized spacial score (nSPS) is 11.3. The molecule has 0 saturated carbocycles. The molecule has 2 N–H and O–H groups in total. The number of pyridine rings is 1. The Labute approximate surface area is 145 Å². The summed E-state index contributed by atoms with van der Waals surface area (Å²) in [4.78, 5) is 13.1. The maximum absolute atomic E-state index is 5.92. The van der Waals surface area contributed by atoms with Crippen molar-refractivity contribution in [3.8, 4) is 17.1 Å². The van der Waals surface area contributed by atoms with Crippen molar-refractivity contribution < 1.29 is 0 Å². The van der Waals surface area contributed by atoms with Crippen LogP contribution in [0.15, 0.2) is 36.9 Å². The van der Waals surface area contributed by atoms with Crippen LogP contribution in [0.3, 0.4) is 0 Å².